The number of rotatable bonds is 8. The second kappa shape index (κ2) is 9.36. The molecule has 5 nitrogen and oxygen atoms in total. The molecule has 0 aliphatic heterocycles. The minimum absolute atomic E-state index is 0.0832. The fourth-order valence-electron chi connectivity index (χ4n) is 3.21. The zero-order valence-corrected chi connectivity index (χ0v) is 18.4. The van der Waals surface area contributed by atoms with E-state index in [1.807, 2.05) is 61.5 Å². The molecule has 0 radical (unpaired) electrons. The van der Waals surface area contributed by atoms with Crippen LogP contribution in [0.5, 0.6) is 11.5 Å². The van der Waals surface area contributed by atoms with Crippen molar-refractivity contribution in [1.29, 1.82) is 0 Å². The number of aryl methyl sites for hydroxylation is 1. The Kier molecular flexibility index (Phi) is 6.40. The number of thioether (sulfide) groups is 1. The number of H-pyrrole nitrogens is 1. The van der Waals surface area contributed by atoms with Gasteiger partial charge in [-0.05, 0) is 43.2 Å². The smallest absolute Gasteiger partial charge is 0.260 e. The Labute approximate surface area is 183 Å². The number of nitrogens with one attached hydrogen (secondary N) is 1. The van der Waals surface area contributed by atoms with Crippen molar-refractivity contribution in [3.8, 4) is 22.6 Å². The van der Waals surface area contributed by atoms with Crippen molar-refractivity contribution in [1.82, 2.24) is 9.97 Å². The van der Waals surface area contributed by atoms with Crippen molar-refractivity contribution in [2.75, 3.05) is 19.5 Å². The molecule has 0 aliphatic rings. The minimum Gasteiger partial charge on any atom is -0.497 e. The van der Waals surface area contributed by atoms with Gasteiger partial charge in [-0.2, -0.15) is 0 Å². The maximum atomic E-state index is 12.8. The normalized spacial score (nSPS) is 11.0. The van der Waals surface area contributed by atoms with Gasteiger partial charge in [-0.3, -0.25) is 4.79 Å². The summed E-state index contributed by atoms with van der Waals surface area (Å²) in [6.45, 7) is 2.64. The molecule has 0 spiro atoms. The van der Waals surface area contributed by atoms with Gasteiger partial charge in [0.1, 0.15) is 16.3 Å². The molecule has 0 saturated carbocycles. The lowest BCUT2D eigenvalue weighted by atomic mass is 10.0. The number of fused-ring (bicyclic) bond motifs is 1. The van der Waals surface area contributed by atoms with Gasteiger partial charge in [0.05, 0.1) is 19.1 Å². The summed E-state index contributed by atoms with van der Waals surface area (Å²) in [7, 11) is 1.64. The van der Waals surface area contributed by atoms with Crippen LogP contribution in [0.3, 0.4) is 0 Å². The van der Waals surface area contributed by atoms with E-state index in [-0.39, 0.29) is 5.56 Å². The van der Waals surface area contributed by atoms with Crippen molar-refractivity contribution in [3.63, 3.8) is 0 Å². The Morgan fingerprint density at radius 2 is 1.80 bits per heavy atom. The lowest BCUT2D eigenvalue weighted by molar-refractivity contribution is 0.318. The van der Waals surface area contributed by atoms with Crippen LogP contribution in [0, 0.1) is 6.92 Å². The summed E-state index contributed by atoms with van der Waals surface area (Å²) in [6.07, 6.45) is 0.844. The summed E-state index contributed by atoms with van der Waals surface area (Å²) in [5.74, 6) is 2.43. The van der Waals surface area contributed by atoms with Gasteiger partial charge in [0, 0.05) is 16.2 Å². The zero-order chi connectivity index (χ0) is 20.9. The molecule has 2 aromatic carbocycles. The molecule has 2 aromatic heterocycles. The van der Waals surface area contributed by atoms with E-state index in [1.54, 1.807) is 30.2 Å². The molecule has 154 valence electrons. The summed E-state index contributed by atoms with van der Waals surface area (Å²) < 4.78 is 10.9. The summed E-state index contributed by atoms with van der Waals surface area (Å²) in [6, 6.07) is 17.5. The Morgan fingerprint density at radius 3 is 2.53 bits per heavy atom. The number of thiophene rings is 1. The van der Waals surface area contributed by atoms with E-state index in [0.29, 0.717) is 17.1 Å². The molecule has 0 saturated heterocycles. The number of hydrogen-bond donors (Lipinski definition) is 1. The van der Waals surface area contributed by atoms with Gasteiger partial charge in [0.2, 0.25) is 0 Å². The van der Waals surface area contributed by atoms with Gasteiger partial charge in [0.15, 0.2) is 5.16 Å². The molecule has 0 aliphatic carbocycles. The Balaban J connectivity index is 1.40. The van der Waals surface area contributed by atoms with Crippen LogP contribution < -0.4 is 15.0 Å². The standard InChI is InChI=1S/C23H22N2O3S2/c1-15-19(16-7-4-3-5-8-16)20-21(26)24-23(25-22(20)30-15)29-14-6-13-28-18-11-9-17(27-2)10-12-18/h3-5,7-12H,6,13-14H2,1-2H3,(H,24,25,26). The van der Waals surface area contributed by atoms with Crippen LogP contribution in [-0.4, -0.2) is 29.4 Å². The number of aromatic nitrogens is 2. The first-order valence-electron chi connectivity index (χ1n) is 9.64. The van der Waals surface area contributed by atoms with Crippen LogP contribution in [0.1, 0.15) is 11.3 Å². The molecular weight excluding hydrogens is 416 g/mol. The van der Waals surface area contributed by atoms with Crippen LogP contribution in [0.15, 0.2) is 64.5 Å². The van der Waals surface area contributed by atoms with Crippen molar-refractivity contribution in [2.24, 2.45) is 0 Å². The number of ether oxygens (including phenoxy) is 2. The van der Waals surface area contributed by atoms with Crippen LogP contribution >= 0.6 is 23.1 Å². The third-order valence-electron chi connectivity index (χ3n) is 4.63. The predicted octanol–water partition coefficient (Wildman–Crippen LogP) is 5.53. The molecule has 7 heteroatoms. The first-order chi connectivity index (χ1) is 14.7. The lowest BCUT2D eigenvalue weighted by Crippen LogP contribution is -2.09. The van der Waals surface area contributed by atoms with Crippen molar-refractivity contribution in [3.05, 3.63) is 69.8 Å². The van der Waals surface area contributed by atoms with E-state index in [0.717, 1.165) is 44.5 Å². The van der Waals surface area contributed by atoms with Crippen molar-refractivity contribution in [2.45, 2.75) is 18.5 Å². The van der Waals surface area contributed by atoms with E-state index in [4.69, 9.17) is 9.47 Å². The largest absolute Gasteiger partial charge is 0.497 e. The monoisotopic (exact) mass is 438 g/mol. The molecule has 30 heavy (non-hydrogen) atoms. The quantitative estimate of drug-likeness (QED) is 0.223. The van der Waals surface area contributed by atoms with E-state index in [1.165, 1.54) is 0 Å². The number of benzene rings is 2. The fourth-order valence-corrected chi connectivity index (χ4v) is 5.09. The van der Waals surface area contributed by atoms with Crippen LogP contribution in [0.4, 0.5) is 0 Å². The van der Waals surface area contributed by atoms with Crippen molar-refractivity contribution < 1.29 is 9.47 Å². The van der Waals surface area contributed by atoms with Gasteiger partial charge in [-0.15, -0.1) is 11.3 Å². The summed E-state index contributed by atoms with van der Waals surface area (Å²) in [4.78, 5) is 22.3. The number of hydrogen-bond acceptors (Lipinski definition) is 6. The summed E-state index contributed by atoms with van der Waals surface area (Å²) in [5.41, 5.74) is 1.94. The Bertz CT molecular complexity index is 1190. The van der Waals surface area contributed by atoms with E-state index >= 15 is 0 Å². The van der Waals surface area contributed by atoms with Gasteiger partial charge in [-0.1, -0.05) is 42.1 Å². The molecule has 0 unspecified atom stereocenters. The number of methoxy groups -OCH3 is 1. The molecule has 2 heterocycles. The fraction of sp³-hybridized carbons (Fsp3) is 0.217. The highest BCUT2D eigenvalue weighted by atomic mass is 32.2. The predicted molar refractivity (Wildman–Crippen MR) is 124 cm³/mol. The number of nitrogens with zero attached hydrogens (tertiary/aromatic N) is 1. The van der Waals surface area contributed by atoms with Gasteiger partial charge < -0.3 is 14.5 Å². The maximum Gasteiger partial charge on any atom is 0.260 e. The minimum atomic E-state index is -0.0832. The SMILES string of the molecule is COc1ccc(OCCCSc2nc3sc(C)c(-c4ccccc4)c3c(=O)[nH]2)cc1. The highest BCUT2D eigenvalue weighted by Gasteiger charge is 2.16. The van der Waals surface area contributed by atoms with Gasteiger partial charge in [-0.25, -0.2) is 4.98 Å². The van der Waals surface area contributed by atoms with Crippen molar-refractivity contribution >= 4 is 33.3 Å². The van der Waals surface area contributed by atoms with E-state index < -0.39 is 0 Å². The second-order valence-electron chi connectivity index (χ2n) is 6.68. The van der Waals surface area contributed by atoms with Gasteiger partial charge in [0.25, 0.3) is 5.56 Å². The summed E-state index contributed by atoms with van der Waals surface area (Å²) in [5, 5.41) is 1.33. The Morgan fingerprint density at radius 1 is 1.07 bits per heavy atom. The molecule has 0 atom stereocenters. The highest BCUT2D eigenvalue weighted by molar-refractivity contribution is 7.99. The Hall–Kier alpha value is -2.77. The van der Waals surface area contributed by atoms with Crippen LogP contribution in [0.2, 0.25) is 0 Å². The zero-order valence-electron chi connectivity index (χ0n) is 16.8. The van der Waals surface area contributed by atoms with E-state index in [9.17, 15) is 4.79 Å². The lowest BCUT2D eigenvalue weighted by Gasteiger charge is -2.07. The van der Waals surface area contributed by atoms with Gasteiger partial charge >= 0.3 is 0 Å². The molecular formula is C23H22N2O3S2. The molecule has 1 N–H and O–H groups in total. The molecule has 0 bridgehead atoms. The topological polar surface area (TPSA) is 64.2 Å². The van der Waals surface area contributed by atoms with E-state index in [2.05, 4.69) is 9.97 Å². The third-order valence-corrected chi connectivity index (χ3v) is 6.59. The first kappa shape index (κ1) is 20.5. The average Bonchev–Trinajstić information content (AvgIpc) is 3.11. The highest BCUT2D eigenvalue weighted by Crippen LogP contribution is 2.35. The second-order valence-corrected chi connectivity index (χ2v) is 8.96. The average molecular weight is 439 g/mol. The third kappa shape index (κ3) is 4.52. The molecule has 4 rings (SSSR count). The molecule has 4 aromatic rings. The maximum absolute atomic E-state index is 12.8. The number of aromatic amines is 1. The first-order valence-corrected chi connectivity index (χ1v) is 11.4. The van der Waals surface area contributed by atoms with Crippen LogP contribution in [-0.2, 0) is 0 Å². The summed E-state index contributed by atoms with van der Waals surface area (Å²) >= 11 is 3.11. The molecule has 0 fully saturated rings. The molecule has 0 amide bonds. The van der Waals surface area contributed by atoms with Crippen LogP contribution in [0.25, 0.3) is 21.3 Å².